The van der Waals surface area contributed by atoms with Crippen LogP contribution in [0.15, 0.2) is 46.0 Å². The number of nitrogens with zero attached hydrogens (tertiary/aromatic N) is 2. The molecule has 1 N–H and O–H groups in total. The van der Waals surface area contributed by atoms with Gasteiger partial charge in [-0.15, -0.1) is 10.2 Å². The molecule has 8 heteroatoms. The zero-order valence-corrected chi connectivity index (χ0v) is 16.5. The highest BCUT2D eigenvalue weighted by Gasteiger charge is 2.20. The van der Waals surface area contributed by atoms with Crippen molar-refractivity contribution in [1.82, 2.24) is 10.2 Å². The molecule has 0 spiro atoms. The lowest BCUT2D eigenvalue weighted by molar-refractivity contribution is -0.115. The first kappa shape index (κ1) is 19.4. The van der Waals surface area contributed by atoms with Gasteiger partial charge >= 0.3 is 0 Å². The second kappa shape index (κ2) is 8.10. The van der Waals surface area contributed by atoms with Crippen molar-refractivity contribution in [1.29, 1.82) is 0 Å². The largest absolute Gasteiger partial charge is 0.411 e. The summed E-state index contributed by atoms with van der Waals surface area (Å²) in [5, 5.41) is 10.6. The number of aryl methyl sites for hydroxylation is 2. The van der Waals surface area contributed by atoms with Crippen LogP contribution in [0.4, 0.5) is 10.1 Å². The molecule has 5 nitrogen and oxygen atoms in total. The molecule has 0 radical (unpaired) electrons. The second-order valence-corrected chi connectivity index (χ2v) is 7.74. The Labute approximate surface area is 165 Å². The van der Waals surface area contributed by atoms with Crippen LogP contribution in [-0.2, 0) is 4.79 Å². The Bertz CT molecular complexity index is 993. The van der Waals surface area contributed by atoms with E-state index >= 15 is 0 Å². The Morgan fingerprint density at radius 1 is 1.19 bits per heavy atom. The smallest absolute Gasteiger partial charge is 0.277 e. The van der Waals surface area contributed by atoms with Crippen molar-refractivity contribution < 1.29 is 13.6 Å². The van der Waals surface area contributed by atoms with E-state index in [-0.39, 0.29) is 16.2 Å². The summed E-state index contributed by atoms with van der Waals surface area (Å²) in [6.45, 7) is 5.75. The predicted molar refractivity (Wildman–Crippen MR) is 105 cm³/mol. The zero-order valence-electron chi connectivity index (χ0n) is 14.9. The Kier molecular flexibility index (Phi) is 5.82. The van der Waals surface area contributed by atoms with Crippen molar-refractivity contribution in [3.05, 3.63) is 58.4 Å². The molecule has 27 heavy (non-hydrogen) atoms. The highest BCUT2D eigenvalue weighted by Crippen LogP contribution is 2.29. The van der Waals surface area contributed by atoms with E-state index < -0.39 is 11.1 Å². The van der Waals surface area contributed by atoms with Crippen molar-refractivity contribution in [3.63, 3.8) is 0 Å². The maximum Gasteiger partial charge on any atom is 0.277 e. The Balaban J connectivity index is 1.67. The number of carbonyl (C=O) groups is 1. The van der Waals surface area contributed by atoms with Gasteiger partial charge in [-0.25, -0.2) is 4.39 Å². The van der Waals surface area contributed by atoms with E-state index in [4.69, 9.17) is 16.0 Å². The van der Waals surface area contributed by atoms with Gasteiger partial charge in [0, 0.05) is 5.56 Å². The number of nitrogens with one attached hydrogen (secondary N) is 1. The monoisotopic (exact) mass is 405 g/mol. The molecule has 0 saturated carbocycles. The Morgan fingerprint density at radius 3 is 2.67 bits per heavy atom. The van der Waals surface area contributed by atoms with Crippen molar-refractivity contribution in [2.75, 3.05) is 5.32 Å². The van der Waals surface area contributed by atoms with Crippen LogP contribution in [-0.4, -0.2) is 21.4 Å². The third-order valence-electron chi connectivity index (χ3n) is 4.00. The van der Waals surface area contributed by atoms with Gasteiger partial charge in [0.2, 0.25) is 11.8 Å². The molecule has 0 aliphatic rings. The first-order valence-corrected chi connectivity index (χ1v) is 9.43. The molecule has 140 valence electrons. The third kappa shape index (κ3) is 4.67. The first-order chi connectivity index (χ1) is 12.8. The molecular formula is C19H17ClFN3O2S. The SMILES string of the molecule is Cc1ccc(-c2nnc(S[C@H](C)C(=O)Nc3ccc(F)cc3Cl)o2)cc1C. The molecule has 2 aromatic carbocycles. The molecule has 0 bridgehead atoms. The van der Waals surface area contributed by atoms with E-state index in [1.54, 1.807) is 6.92 Å². The summed E-state index contributed by atoms with van der Waals surface area (Å²) < 4.78 is 18.8. The molecule has 0 saturated heterocycles. The van der Waals surface area contributed by atoms with E-state index in [0.717, 1.165) is 29.0 Å². The minimum absolute atomic E-state index is 0.135. The molecular weight excluding hydrogens is 389 g/mol. The van der Waals surface area contributed by atoms with Gasteiger partial charge in [0.05, 0.1) is 16.0 Å². The fraction of sp³-hybridized carbons (Fsp3) is 0.211. The molecule has 0 fully saturated rings. The average Bonchev–Trinajstić information content (AvgIpc) is 3.08. The average molecular weight is 406 g/mol. The van der Waals surface area contributed by atoms with Crippen molar-refractivity contribution >= 4 is 35.0 Å². The van der Waals surface area contributed by atoms with Crippen LogP contribution < -0.4 is 5.32 Å². The van der Waals surface area contributed by atoms with Crippen LogP contribution in [0, 0.1) is 19.7 Å². The zero-order chi connectivity index (χ0) is 19.6. The number of rotatable bonds is 5. The minimum atomic E-state index is -0.515. The minimum Gasteiger partial charge on any atom is -0.411 e. The lowest BCUT2D eigenvalue weighted by atomic mass is 10.1. The number of carbonyl (C=O) groups excluding carboxylic acids is 1. The standard InChI is InChI=1S/C19H17ClFN3O2S/c1-10-4-5-13(8-11(10)2)18-23-24-19(26-18)27-12(3)17(25)22-16-7-6-14(21)9-15(16)20/h4-9,12H,1-3H3,(H,22,25)/t12-/m1/s1. The predicted octanol–water partition coefficient (Wildman–Crippen LogP) is 5.27. The molecule has 0 aliphatic heterocycles. The Morgan fingerprint density at radius 2 is 1.96 bits per heavy atom. The van der Waals surface area contributed by atoms with E-state index in [2.05, 4.69) is 15.5 Å². The van der Waals surface area contributed by atoms with Crippen LogP contribution in [0.1, 0.15) is 18.1 Å². The summed E-state index contributed by atoms with van der Waals surface area (Å²) in [6.07, 6.45) is 0. The quantitative estimate of drug-likeness (QED) is 0.586. The topological polar surface area (TPSA) is 68.0 Å². The van der Waals surface area contributed by atoms with Gasteiger partial charge in [0.1, 0.15) is 5.82 Å². The number of halogens is 2. The van der Waals surface area contributed by atoms with E-state index in [1.807, 2.05) is 32.0 Å². The molecule has 1 amide bonds. The normalized spacial score (nSPS) is 12.0. The summed E-state index contributed by atoms with van der Waals surface area (Å²) in [6, 6.07) is 9.67. The van der Waals surface area contributed by atoms with Gasteiger partial charge in [0.25, 0.3) is 5.22 Å². The van der Waals surface area contributed by atoms with E-state index in [9.17, 15) is 9.18 Å². The summed E-state index contributed by atoms with van der Waals surface area (Å²) in [5.74, 6) is -0.376. The molecule has 0 unspecified atom stereocenters. The van der Waals surface area contributed by atoms with Gasteiger partial charge in [-0.3, -0.25) is 4.79 Å². The van der Waals surface area contributed by atoms with Crippen LogP contribution in [0.2, 0.25) is 5.02 Å². The molecule has 0 aliphatic carbocycles. The van der Waals surface area contributed by atoms with Crippen LogP contribution >= 0.6 is 23.4 Å². The maximum atomic E-state index is 13.1. The van der Waals surface area contributed by atoms with Crippen molar-refractivity contribution in [3.8, 4) is 11.5 Å². The summed E-state index contributed by atoms with van der Waals surface area (Å²) in [5.41, 5.74) is 3.48. The molecule has 3 aromatic rings. The third-order valence-corrected chi connectivity index (χ3v) is 5.24. The highest BCUT2D eigenvalue weighted by molar-refractivity contribution is 8.00. The molecule has 1 aromatic heterocycles. The van der Waals surface area contributed by atoms with E-state index in [1.165, 1.54) is 17.7 Å². The maximum absolute atomic E-state index is 13.1. The fourth-order valence-electron chi connectivity index (χ4n) is 2.28. The number of amides is 1. The van der Waals surface area contributed by atoms with Crippen molar-refractivity contribution in [2.24, 2.45) is 0 Å². The number of hydrogen-bond donors (Lipinski definition) is 1. The second-order valence-electron chi connectivity index (χ2n) is 6.05. The number of anilines is 1. The van der Waals surface area contributed by atoms with Gasteiger partial charge in [-0.2, -0.15) is 0 Å². The Hall–Kier alpha value is -2.38. The lowest BCUT2D eigenvalue weighted by Gasteiger charge is -2.11. The van der Waals surface area contributed by atoms with Gasteiger partial charge in [-0.05, 0) is 62.2 Å². The number of thioether (sulfide) groups is 1. The van der Waals surface area contributed by atoms with Crippen LogP contribution in [0.3, 0.4) is 0 Å². The molecule has 1 atom stereocenters. The van der Waals surface area contributed by atoms with Crippen LogP contribution in [0.5, 0.6) is 0 Å². The summed E-state index contributed by atoms with van der Waals surface area (Å²) in [4.78, 5) is 12.3. The number of benzene rings is 2. The van der Waals surface area contributed by atoms with Gasteiger partial charge < -0.3 is 9.73 Å². The fourth-order valence-corrected chi connectivity index (χ4v) is 3.18. The number of aromatic nitrogens is 2. The summed E-state index contributed by atoms with van der Waals surface area (Å²) >= 11 is 7.06. The van der Waals surface area contributed by atoms with E-state index in [0.29, 0.717) is 11.6 Å². The van der Waals surface area contributed by atoms with Crippen LogP contribution in [0.25, 0.3) is 11.5 Å². The number of hydrogen-bond acceptors (Lipinski definition) is 5. The van der Waals surface area contributed by atoms with Crippen molar-refractivity contribution in [2.45, 2.75) is 31.2 Å². The summed E-state index contributed by atoms with van der Waals surface area (Å²) in [7, 11) is 0. The first-order valence-electron chi connectivity index (χ1n) is 8.17. The lowest BCUT2D eigenvalue weighted by Crippen LogP contribution is -2.22. The highest BCUT2D eigenvalue weighted by atomic mass is 35.5. The van der Waals surface area contributed by atoms with Gasteiger partial charge in [-0.1, -0.05) is 29.4 Å². The molecule has 3 rings (SSSR count). The van der Waals surface area contributed by atoms with Gasteiger partial charge in [0.15, 0.2) is 0 Å². The molecule has 1 heterocycles.